The molecule has 0 aliphatic heterocycles. The Hall–Kier alpha value is -2.82. The number of hydrogen-bond donors (Lipinski definition) is 0. The molecule has 0 aliphatic rings. The monoisotopic (exact) mass is 269 g/mol. The summed E-state index contributed by atoms with van der Waals surface area (Å²) < 4.78 is 10.6. The summed E-state index contributed by atoms with van der Waals surface area (Å²) in [6.45, 7) is 0. The summed E-state index contributed by atoms with van der Waals surface area (Å²) in [6.07, 6.45) is 1.61. The Morgan fingerprint density at radius 1 is 1.15 bits per heavy atom. The fraction of sp³-hybridized carbons (Fsp3) is 0.0667. The quantitative estimate of drug-likeness (QED) is 0.532. The van der Waals surface area contributed by atoms with Gasteiger partial charge in [-0.05, 0) is 23.8 Å². The summed E-state index contributed by atoms with van der Waals surface area (Å²) in [5.41, 5.74) is 2.42. The SMILES string of the molecule is COc1ccc(-c2coc3ccc([N+](=O)[O-])cc23)cc1. The lowest BCUT2D eigenvalue weighted by Crippen LogP contribution is -1.87. The van der Waals surface area contributed by atoms with Crippen LogP contribution in [0.4, 0.5) is 5.69 Å². The van der Waals surface area contributed by atoms with Crippen molar-refractivity contribution < 1.29 is 14.1 Å². The Morgan fingerprint density at radius 2 is 1.90 bits per heavy atom. The maximum atomic E-state index is 10.9. The molecule has 1 heterocycles. The minimum absolute atomic E-state index is 0.0497. The van der Waals surface area contributed by atoms with Crippen molar-refractivity contribution in [2.45, 2.75) is 0 Å². The zero-order valence-corrected chi connectivity index (χ0v) is 10.7. The first-order valence-electron chi connectivity index (χ1n) is 5.99. The molecule has 20 heavy (non-hydrogen) atoms. The maximum absolute atomic E-state index is 10.9. The average Bonchev–Trinajstić information content (AvgIpc) is 2.90. The van der Waals surface area contributed by atoms with Gasteiger partial charge in [0.1, 0.15) is 11.3 Å². The molecule has 0 unspecified atom stereocenters. The van der Waals surface area contributed by atoms with Gasteiger partial charge in [-0.1, -0.05) is 12.1 Å². The Bertz CT molecular complexity index is 774. The standard InChI is InChI=1S/C15H11NO4/c1-19-12-5-2-10(3-6-12)14-9-20-15-7-4-11(16(17)18)8-13(14)15/h2-9H,1H3. The van der Waals surface area contributed by atoms with Crippen molar-refractivity contribution in [1.29, 1.82) is 0 Å². The summed E-state index contributed by atoms with van der Waals surface area (Å²) in [7, 11) is 1.60. The Labute approximate surface area is 114 Å². The molecule has 0 radical (unpaired) electrons. The number of rotatable bonds is 3. The summed E-state index contributed by atoms with van der Waals surface area (Å²) in [4.78, 5) is 10.4. The van der Waals surface area contributed by atoms with Gasteiger partial charge in [-0.3, -0.25) is 10.1 Å². The van der Waals surface area contributed by atoms with E-state index in [4.69, 9.17) is 9.15 Å². The molecule has 3 rings (SSSR count). The van der Waals surface area contributed by atoms with E-state index in [-0.39, 0.29) is 5.69 Å². The number of nitro groups is 1. The fourth-order valence-corrected chi connectivity index (χ4v) is 2.12. The highest BCUT2D eigenvalue weighted by Gasteiger charge is 2.13. The molecule has 5 heteroatoms. The van der Waals surface area contributed by atoms with Crippen LogP contribution in [0.2, 0.25) is 0 Å². The van der Waals surface area contributed by atoms with Gasteiger partial charge < -0.3 is 9.15 Å². The van der Waals surface area contributed by atoms with Crippen LogP contribution in [-0.4, -0.2) is 12.0 Å². The highest BCUT2D eigenvalue weighted by molar-refractivity contribution is 5.95. The maximum Gasteiger partial charge on any atom is 0.270 e. The van der Waals surface area contributed by atoms with Gasteiger partial charge in [0.05, 0.1) is 18.3 Å². The molecular formula is C15H11NO4. The molecular weight excluding hydrogens is 258 g/mol. The molecule has 0 amide bonds. The van der Waals surface area contributed by atoms with Crippen LogP contribution >= 0.6 is 0 Å². The summed E-state index contributed by atoms with van der Waals surface area (Å²) in [5, 5.41) is 11.6. The van der Waals surface area contributed by atoms with Crippen LogP contribution in [0.1, 0.15) is 0 Å². The molecule has 2 aromatic carbocycles. The first kappa shape index (κ1) is 12.2. The van der Waals surface area contributed by atoms with E-state index in [1.54, 1.807) is 19.4 Å². The van der Waals surface area contributed by atoms with Crippen LogP contribution in [0.5, 0.6) is 5.75 Å². The van der Waals surface area contributed by atoms with Crippen molar-refractivity contribution in [2.75, 3.05) is 7.11 Å². The van der Waals surface area contributed by atoms with Crippen LogP contribution in [0.3, 0.4) is 0 Å². The average molecular weight is 269 g/mol. The number of benzene rings is 2. The zero-order valence-electron chi connectivity index (χ0n) is 10.7. The predicted octanol–water partition coefficient (Wildman–Crippen LogP) is 4.02. The number of fused-ring (bicyclic) bond motifs is 1. The second-order valence-corrected chi connectivity index (χ2v) is 4.32. The predicted molar refractivity (Wildman–Crippen MR) is 74.9 cm³/mol. The van der Waals surface area contributed by atoms with Crippen molar-refractivity contribution >= 4 is 16.7 Å². The molecule has 0 atom stereocenters. The van der Waals surface area contributed by atoms with Gasteiger partial charge in [0.15, 0.2) is 0 Å². The molecule has 3 aromatic rings. The van der Waals surface area contributed by atoms with Crippen LogP contribution < -0.4 is 4.74 Å². The Kier molecular flexibility index (Phi) is 2.87. The van der Waals surface area contributed by atoms with E-state index in [1.165, 1.54) is 12.1 Å². The number of methoxy groups -OCH3 is 1. The molecule has 0 spiro atoms. The Morgan fingerprint density at radius 3 is 2.55 bits per heavy atom. The lowest BCUT2D eigenvalue weighted by Gasteiger charge is -2.01. The van der Waals surface area contributed by atoms with Crippen LogP contribution in [-0.2, 0) is 0 Å². The van der Waals surface area contributed by atoms with Crippen LogP contribution in [0.15, 0.2) is 53.1 Å². The number of hydrogen-bond acceptors (Lipinski definition) is 4. The fourth-order valence-electron chi connectivity index (χ4n) is 2.12. The smallest absolute Gasteiger partial charge is 0.270 e. The topological polar surface area (TPSA) is 65.5 Å². The molecule has 0 N–H and O–H groups in total. The highest BCUT2D eigenvalue weighted by Crippen LogP contribution is 2.33. The third-order valence-corrected chi connectivity index (χ3v) is 3.17. The molecule has 0 saturated carbocycles. The lowest BCUT2D eigenvalue weighted by atomic mass is 10.0. The van der Waals surface area contributed by atoms with E-state index in [0.717, 1.165) is 22.3 Å². The van der Waals surface area contributed by atoms with Crippen molar-refractivity contribution in [3.8, 4) is 16.9 Å². The third-order valence-electron chi connectivity index (χ3n) is 3.17. The molecule has 0 saturated heterocycles. The van der Waals surface area contributed by atoms with Gasteiger partial charge in [-0.15, -0.1) is 0 Å². The van der Waals surface area contributed by atoms with Crippen molar-refractivity contribution in [3.05, 3.63) is 58.8 Å². The van der Waals surface area contributed by atoms with E-state index in [0.29, 0.717) is 5.58 Å². The molecule has 0 fully saturated rings. The van der Waals surface area contributed by atoms with E-state index in [1.807, 2.05) is 24.3 Å². The molecule has 0 aliphatic carbocycles. The number of furan rings is 1. The van der Waals surface area contributed by atoms with E-state index < -0.39 is 4.92 Å². The summed E-state index contributed by atoms with van der Waals surface area (Å²) in [5.74, 6) is 0.757. The van der Waals surface area contributed by atoms with Crippen LogP contribution in [0, 0.1) is 10.1 Å². The minimum atomic E-state index is -0.412. The Balaban J connectivity index is 2.14. The third kappa shape index (κ3) is 1.99. The highest BCUT2D eigenvalue weighted by atomic mass is 16.6. The van der Waals surface area contributed by atoms with Crippen molar-refractivity contribution in [3.63, 3.8) is 0 Å². The van der Waals surface area contributed by atoms with Crippen LogP contribution in [0.25, 0.3) is 22.1 Å². The molecule has 100 valence electrons. The molecule has 5 nitrogen and oxygen atoms in total. The minimum Gasteiger partial charge on any atom is -0.497 e. The number of non-ortho nitro benzene ring substituents is 1. The second kappa shape index (κ2) is 4.70. The van der Waals surface area contributed by atoms with Gasteiger partial charge in [0.2, 0.25) is 0 Å². The van der Waals surface area contributed by atoms with Gasteiger partial charge in [-0.25, -0.2) is 0 Å². The van der Waals surface area contributed by atoms with E-state index >= 15 is 0 Å². The van der Waals surface area contributed by atoms with Gasteiger partial charge in [-0.2, -0.15) is 0 Å². The van der Waals surface area contributed by atoms with Gasteiger partial charge in [0, 0.05) is 23.1 Å². The first-order chi connectivity index (χ1) is 9.69. The number of nitro benzene ring substituents is 1. The zero-order chi connectivity index (χ0) is 14.1. The molecule has 1 aromatic heterocycles. The second-order valence-electron chi connectivity index (χ2n) is 4.32. The first-order valence-corrected chi connectivity index (χ1v) is 5.99. The largest absolute Gasteiger partial charge is 0.497 e. The number of nitrogens with zero attached hydrogens (tertiary/aromatic N) is 1. The summed E-state index contributed by atoms with van der Waals surface area (Å²) in [6, 6.07) is 12.0. The normalized spacial score (nSPS) is 10.7. The number of ether oxygens (including phenoxy) is 1. The van der Waals surface area contributed by atoms with Gasteiger partial charge in [0.25, 0.3) is 5.69 Å². The van der Waals surface area contributed by atoms with E-state index in [9.17, 15) is 10.1 Å². The molecule has 0 bridgehead atoms. The van der Waals surface area contributed by atoms with E-state index in [2.05, 4.69) is 0 Å². The lowest BCUT2D eigenvalue weighted by molar-refractivity contribution is -0.384. The van der Waals surface area contributed by atoms with Crippen molar-refractivity contribution in [2.24, 2.45) is 0 Å². The summed E-state index contributed by atoms with van der Waals surface area (Å²) >= 11 is 0. The van der Waals surface area contributed by atoms with Gasteiger partial charge >= 0.3 is 0 Å². The van der Waals surface area contributed by atoms with Crippen molar-refractivity contribution in [1.82, 2.24) is 0 Å².